The highest BCUT2D eigenvalue weighted by Gasteiger charge is 2.17. The van der Waals surface area contributed by atoms with E-state index < -0.39 is 0 Å². The normalized spacial score (nSPS) is 24.1. The third-order valence-corrected chi connectivity index (χ3v) is 4.34. The maximum Gasteiger partial charge on any atom is 0.187 e. The van der Waals surface area contributed by atoms with Crippen molar-refractivity contribution >= 4 is 11.8 Å². The van der Waals surface area contributed by atoms with Crippen molar-refractivity contribution in [2.24, 2.45) is 5.92 Å². The van der Waals surface area contributed by atoms with Crippen molar-refractivity contribution in [3.63, 3.8) is 0 Å². The van der Waals surface area contributed by atoms with Crippen molar-refractivity contribution in [3.8, 4) is 0 Å². The Balaban J connectivity index is 1.62. The Labute approximate surface area is 114 Å². The molecule has 1 aromatic rings. The van der Waals surface area contributed by atoms with Gasteiger partial charge in [0.1, 0.15) is 0 Å². The minimum absolute atomic E-state index is 0.730. The molecule has 0 amide bonds. The first-order valence-electron chi connectivity index (χ1n) is 6.89. The van der Waals surface area contributed by atoms with Crippen LogP contribution < -0.4 is 5.32 Å². The monoisotopic (exact) mass is 265 g/mol. The molecule has 100 valence electrons. The lowest BCUT2D eigenvalue weighted by molar-refractivity contribution is 0.306. The summed E-state index contributed by atoms with van der Waals surface area (Å²) in [5.74, 6) is 1.94. The van der Waals surface area contributed by atoms with Gasteiger partial charge in [-0.3, -0.25) is 0 Å². The molecule has 0 aromatic carbocycles. The van der Waals surface area contributed by atoms with Gasteiger partial charge in [0.25, 0.3) is 0 Å². The molecule has 1 N–H and O–H groups in total. The van der Waals surface area contributed by atoms with Crippen LogP contribution in [0.2, 0.25) is 0 Å². The maximum absolute atomic E-state index is 4.30. The second kappa shape index (κ2) is 7.10. The number of thioether (sulfide) groups is 1. The van der Waals surface area contributed by atoms with E-state index in [1.807, 2.05) is 19.3 Å². The Morgan fingerprint density at radius 1 is 1.33 bits per heavy atom. The van der Waals surface area contributed by atoms with Crippen LogP contribution in [0.4, 0.5) is 0 Å². The van der Waals surface area contributed by atoms with Crippen molar-refractivity contribution in [2.75, 3.05) is 12.3 Å². The number of rotatable bonds is 5. The SMILES string of the molecule is Cc1cnc(SCCNC2CCCC(C)C2)nc1. The first kappa shape index (κ1) is 13.8. The standard InChI is InChI=1S/C14H23N3S/c1-11-4-3-5-13(8-11)15-6-7-18-14-16-9-12(2)10-17-14/h9-11,13,15H,3-8H2,1-2H3. The fourth-order valence-electron chi connectivity index (χ4n) is 2.48. The molecule has 1 aromatic heterocycles. The largest absolute Gasteiger partial charge is 0.313 e. The quantitative estimate of drug-likeness (QED) is 0.504. The number of nitrogens with zero attached hydrogens (tertiary/aromatic N) is 2. The highest BCUT2D eigenvalue weighted by Crippen LogP contribution is 2.23. The van der Waals surface area contributed by atoms with Gasteiger partial charge < -0.3 is 5.32 Å². The van der Waals surface area contributed by atoms with Gasteiger partial charge in [0.15, 0.2) is 5.16 Å². The zero-order valence-corrected chi connectivity index (χ0v) is 12.2. The van der Waals surface area contributed by atoms with E-state index in [0.717, 1.165) is 35.0 Å². The van der Waals surface area contributed by atoms with E-state index in [1.165, 1.54) is 25.7 Å². The van der Waals surface area contributed by atoms with Crippen LogP contribution in [0.25, 0.3) is 0 Å². The van der Waals surface area contributed by atoms with Crippen molar-refractivity contribution in [2.45, 2.75) is 50.7 Å². The van der Waals surface area contributed by atoms with E-state index in [-0.39, 0.29) is 0 Å². The number of aromatic nitrogens is 2. The molecule has 2 atom stereocenters. The summed E-state index contributed by atoms with van der Waals surface area (Å²) >= 11 is 1.73. The summed E-state index contributed by atoms with van der Waals surface area (Å²) < 4.78 is 0. The first-order chi connectivity index (χ1) is 8.74. The Kier molecular flexibility index (Phi) is 5.45. The molecule has 3 nitrogen and oxygen atoms in total. The number of aryl methyl sites for hydroxylation is 1. The Morgan fingerprint density at radius 3 is 2.83 bits per heavy atom. The predicted molar refractivity (Wildman–Crippen MR) is 76.9 cm³/mol. The molecular weight excluding hydrogens is 242 g/mol. The third kappa shape index (κ3) is 4.58. The van der Waals surface area contributed by atoms with E-state index in [9.17, 15) is 0 Å². The number of nitrogens with one attached hydrogen (secondary N) is 1. The molecule has 1 saturated carbocycles. The zero-order chi connectivity index (χ0) is 12.8. The fraction of sp³-hybridized carbons (Fsp3) is 0.714. The summed E-state index contributed by atoms with van der Waals surface area (Å²) in [5, 5.41) is 4.55. The minimum Gasteiger partial charge on any atom is -0.313 e. The van der Waals surface area contributed by atoms with E-state index >= 15 is 0 Å². The van der Waals surface area contributed by atoms with E-state index in [0.29, 0.717) is 0 Å². The molecule has 1 fully saturated rings. The van der Waals surface area contributed by atoms with Gasteiger partial charge >= 0.3 is 0 Å². The maximum atomic E-state index is 4.30. The minimum atomic E-state index is 0.730. The molecular formula is C14H23N3S. The van der Waals surface area contributed by atoms with Crippen LogP contribution in [0.15, 0.2) is 17.6 Å². The Hall–Kier alpha value is -0.610. The fourth-order valence-corrected chi connectivity index (χ4v) is 3.14. The highest BCUT2D eigenvalue weighted by atomic mass is 32.2. The summed E-state index contributed by atoms with van der Waals surface area (Å²) in [6, 6.07) is 0.730. The summed E-state index contributed by atoms with van der Waals surface area (Å²) in [7, 11) is 0. The second-order valence-electron chi connectivity index (χ2n) is 5.31. The molecule has 1 aliphatic carbocycles. The van der Waals surface area contributed by atoms with E-state index in [2.05, 4.69) is 22.2 Å². The molecule has 0 saturated heterocycles. The molecule has 0 aliphatic heterocycles. The smallest absolute Gasteiger partial charge is 0.187 e. The molecule has 0 bridgehead atoms. The van der Waals surface area contributed by atoms with Crippen LogP contribution in [0.1, 0.15) is 38.2 Å². The lowest BCUT2D eigenvalue weighted by atomic mass is 9.87. The van der Waals surface area contributed by atoms with Crippen molar-refractivity contribution < 1.29 is 0 Å². The van der Waals surface area contributed by atoms with Gasteiger partial charge in [-0.1, -0.05) is 31.5 Å². The molecule has 1 heterocycles. The molecule has 0 spiro atoms. The number of hydrogen-bond acceptors (Lipinski definition) is 4. The molecule has 2 unspecified atom stereocenters. The summed E-state index contributed by atoms with van der Waals surface area (Å²) in [5.41, 5.74) is 1.12. The summed E-state index contributed by atoms with van der Waals surface area (Å²) in [4.78, 5) is 8.60. The van der Waals surface area contributed by atoms with Crippen LogP contribution in [0.3, 0.4) is 0 Å². The second-order valence-corrected chi connectivity index (χ2v) is 6.38. The molecule has 0 radical (unpaired) electrons. The van der Waals surface area contributed by atoms with Gasteiger partial charge in [0, 0.05) is 30.7 Å². The van der Waals surface area contributed by atoms with Crippen LogP contribution >= 0.6 is 11.8 Å². The number of hydrogen-bond donors (Lipinski definition) is 1. The first-order valence-corrected chi connectivity index (χ1v) is 7.87. The van der Waals surface area contributed by atoms with Crippen molar-refractivity contribution in [3.05, 3.63) is 18.0 Å². The van der Waals surface area contributed by atoms with Crippen LogP contribution in [-0.4, -0.2) is 28.3 Å². The summed E-state index contributed by atoms with van der Waals surface area (Å²) in [6.07, 6.45) is 9.23. The van der Waals surface area contributed by atoms with Crippen LogP contribution in [0.5, 0.6) is 0 Å². The highest BCUT2D eigenvalue weighted by molar-refractivity contribution is 7.99. The summed E-state index contributed by atoms with van der Waals surface area (Å²) in [6.45, 7) is 5.43. The molecule has 2 rings (SSSR count). The third-order valence-electron chi connectivity index (χ3n) is 3.46. The van der Waals surface area contributed by atoms with Crippen LogP contribution in [-0.2, 0) is 0 Å². The Bertz CT molecular complexity index is 353. The van der Waals surface area contributed by atoms with Crippen molar-refractivity contribution in [1.29, 1.82) is 0 Å². The van der Waals surface area contributed by atoms with Gasteiger partial charge in [-0.15, -0.1) is 0 Å². The zero-order valence-electron chi connectivity index (χ0n) is 11.4. The molecule has 4 heteroatoms. The lowest BCUT2D eigenvalue weighted by Crippen LogP contribution is -2.34. The molecule has 1 aliphatic rings. The van der Waals surface area contributed by atoms with Gasteiger partial charge in [0.05, 0.1) is 0 Å². The predicted octanol–water partition coefficient (Wildman–Crippen LogP) is 3.05. The Morgan fingerprint density at radius 2 is 2.11 bits per heavy atom. The van der Waals surface area contributed by atoms with Gasteiger partial charge in [-0.25, -0.2) is 9.97 Å². The topological polar surface area (TPSA) is 37.8 Å². The van der Waals surface area contributed by atoms with Gasteiger partial charge in [0.2, 0.25) is 0 Å². The average molecular weight is 265 g/mol. The van der Waals surface area contributed by atoms with Gasteiger partial charge in [-0.2, -0.15) is 0 Å². The lowest BCUT2D eigenvalue weighted by Gasteiger charge is -2.27. The molecule has 18 heavy (non-hydrogen) atoms. The van der Waals surface area contributed by atoms with Crippen molar-refractivity contribution in [1.82, 2.24) is 15.3 Å². The van der Waals surface area contributed by atoms with Crippen LogP contribution in [0, 0.1) is 12.8 Å². The van der Waals surface area contributed by atoms with E-state index in [1.54, 1.807) is 11.8 Å². The average Bonchev–Trinajstić information content (AvgIpc) is 2.37. The van der Waals surface area contributed by atoms with E-state index in [4.69, 9.17) is 0 Å². The van der Waals surface area contributed by atoms with Gasteiger partial charge in [-0.05, 0) is 31.2 Å².